The van der Waals surface area contributed by atoms with Gasteiger partial charge in [0.2, 0.25) is 5.75 Å². The van der Waals surface area contributed by atoms with Crippen molar-refractivity contribution in [1.29, 1.82) is 0 Å². The zero-order valence-corrected chi connectivity index (χ0v) is 15.1. The number of ether oxygens (including phenoxy) is 3. The molecule has 0 saturated heterocycles. The van der Waals surface area contributed by atoms with Crippen molar-refractivity contribution < 1.29 is 32.0 Å². The van der Waals surface area contributed by atoms with Crippen LogP contribution in [0.15, 0.2) is 41.3 Å². The predicted octanol–water partition coefficient (Wildman–Crippen LogP) is 2.60. The normalized spacial score (nSPS) is 10.8. The van der Waals surface area contributed by atoms with E-state index in [1.807, 2.05) is 0 Å². The number of hydrogen-bond acceptors (Lipinski definition) is 6. The Morgan fingerprint density at radius 1 is 0.885 bits per heavy atom. The Morgan fingerprint density at radius 2 is 1.38 bits per heavy atom. The molecule has 2 rings (SSSR count). The van der Waals surface area contributed by atoms with Gasteiger partial charge in [-0.05, 0) is 24.3 Å². The first-order chi connectivity index (χ1) is 12.3. The number of benzene rings is 2. The third-order valence-corrected chi connectivity index (χ3v) is 4.20. The Labute approximate surface area is 150 Å². The van der Waals surface area contributed by atoms with E-state index in [4.69, 9.17) is 18.8 Å². The molecule has 0 aliphatic rings. The van der Waals surface area contributed by atoms with E-state index in [0.29, 0.717) is 28.6 Å². The van der Waals surface area contributed by atoms with Crippen LogP contribution in [0.5, 0.6) is 17.2 Å². The van der Waals surface area contributed by atoms with Crippen LogP contribution in [0.1, 0.15) is 0 Å². The number of hydrogen-bond donors (Lipinski definition) is 3. The minimum absolute atomic E-state index is 0.270. The third-order valence-electron chi connectivity index (χ3n) is 3.33. The van der Waals surface area contributed by atoms with E-state index in [9.17, 15) is 13.2 Å². The molecule has 2 aromatic rings. The zero-order valence-electron chi connectivity index (χ0n) is 14.3. The summed E-state index contributed by atoms with van der Waals surface area (Å²) in [6.45, 7) is 0. The summed E-state index contributed by atoms with van der Waals surface area (Å²) in [5, 5.41) is 5.14. The minimum atomic E-state index is -4.29. The second-order valence-electron chi connectivity index (χ2n) is 4.99. The van der Waals surface area contributed by atoms with Crippen LogP contribution in [0.25, 0.3) is 0 Å². The average molecular weight is 382 g/mol. The maximum Gasteiger partial charge on any atom is 0.323 e. The van der Waals surface area contributed by atoms with Gasteiger partial charge in [-0.15, -0.1) is 0 Å². The number of nitrogens with one attached hydrogen (secondary N) is 2. The summed E-state index contributed by atoms with van der Waals surface area (Å²) >= 11 is 0. The van der Waals surface area contributed by atoms with Gasteiger partial charge in [0.25, 0.3) is 10.1 Å². The van der Waals surface area contributed by atoms with Gasteiger partial charge < -0.3 is 24.8 Å². The molecule has 0 aromatic heterocycles. The molecular formula is C16H18N2O7S. The van der Waals surface area contributed by atoms with Crippen molar-refractivity contribution in [2.75, 3.05) is 32.0 Å². The molecule has 0 radical (unpaired) electrons. The van der Waals surface area contributed by atoms with E-state index in [1.165, 1.54) is 45.6 Å². The first-order valence-corrected chi connectivity index (χ1v) is 8.68. The lowest BCUT2D eigenvalue weighted by molar-refractivity contribution is 0.262. The third kappa shape index (κ3) is 4.55. The molecular weight excluding hydrogens is 364 g/mol. The van der Waals surface area contributed by atoms with Crippen LogP contribution in [-0.4, -0.2) is 40.3 Å². The smallest absolute Gasteiger partial charge is 0.323 e. The number of methoxy groups -OCH3 is 3. The summed E-state index contributed by atoms with van der Waals surface area (Å²) in [7, 11) is 0.0946. The summed E-state index contributed by atoms with van der Waals surface area (Å²) in [6, 6.07) is 7.58. The first-order valence-electron chi connectivity index (χ1n) is 7.24. The average Bonchev–Trinajstić information content (AvgIpc) is 2.60. The fourth-order valence-electron chi connectivity index (χ4n) is 2.16. The molecule has 140 valence electrons. The molecule has 2 aromatic carbocycles. The van der Waals surface area contributed by atoms with E-state index in [1.54, 1.807) is 12.1 Å². The van der Waals surface area contributed by atoms with Gasteiger partial charge in [0.1, 0.15) is 0 Å². The number of carbonyl (C=O) groups excluding carboxylic acids is 1. The highest BCUT2D eigenvalue weighted by Gasteiger charge is 2.15. The van der Waals surface area contributed by atoms with E-state index in [-0.39, 0.29) is 4.90 Å². The molecule has 0 aliphatic carbocycles. The van der Waals surface area contributed by atoms with E-state index in [2.05, 4.69) is 10.6 Å². The molecule has 10 heteroatoms. The highest BCUT2D eigenvalue weighted by Crippen LogP contribution is 2.39. The van der Waals surface area contributed by atoms with Crippen LogP contribution in [0.3, 0.4) is 0 Å². The van der Waals surface area contributed by atoms with Gasteiger partial charge >= 0.3 is 6.03 Å². The quantitative estimate of drug-likeness (QED) is 0.656. The van der Waals surface area contributed by atoms with Crippen molar-refractivity contribution in [3.05, 3.63) is 36.4 Å². The predicted molar refractivity (Wildman–Crippen MR) is 95.0 cm³/mol. The van der Waals surface area contributed by atoms with Crippen molar-refractivity contribution >= 4 is 27.5 Å². The lowest BCUT2D eigenvalue weighted by atomic mass is 10.2. The molecule has 2 amide bonds. The molecule has 0 fully saturated rings. The van der Waals surface area contributed by atoms with Crippen LogP contribution >= 0.6 is 0 Å². The molecule has 0 aliphatic heterocycles. The van der Waals surface area contributed by atoms with Crippen LogP contribution in [0.2, 0.25) is 0 Å². The lowest BCUT2D eigenvalue weighted by Gasteiger charge is -2.15. The number of urea groups is 1. The Morgan fingerprint density at radius 3 is 1.81 bits per heavy atom. The lowest BCUT2D eigenvalue weighted by Crippen LogP contribution is -2.19. The fourth-order valence-corrected chi connectivity index (χ4v) is 2.64. The Hall–Kier alpha value is -2.98. The molecule has 0 bridgehead atoms. The van der Waals surface area contributed by atoms with Crippen LogP contribution in [0, 0.1) is 0 Å². The van der Waals surface area contributed by atoms with Gasteiger partial charge in [0.05, 0.1) is 31.9 Å². The summed E-state index contributed by atoms with van der Waals surface area (Å²) < 4.78 is 46.6. The van der Waals surface area contributed by atoms with Crippen molar-refractivity contribution in [3.8, 4) is 17.2 Å². The Balaban J connectivity index is 2.15. The Kier molecular flexibility index (Phi) is 5.90. The second-order valence-corrected chi connectivity index (χ2v) is 6.41. The molecule has 3 N–H and O–H groups in total. The Bertz CT molecular complexity index is 870. The summed E-state index contributed by atoms with van der Waals surface area (Å²) in [6.07, 6.45) is 0. The summed E-state index contributed by atoms with van der Waals surface area (Å²) in [5.41, 5.74) is 0.730. The summed E-state index contributed by atoms with van der Waals surface area (Å²) in [5.74, 6) is 1.14. The highest BCUT2D eigenvalue weighted by atomic mass is 32.2. The number of amides is 2. The van der Waals surface area contributed by atoms with Crippen LogP contribution < -0.4 is 24.8 Å². The van der Waals surface area contributed by atoms with Gasteiger partial charge in [-0.2, -0.15) is 8.42 Å². The van der Waals surface area contributed by atoms with Crippen LogP contribution in [0.4, 0.5) is 16.2 Å². The van der Waals surface area contributed by atoms with Crippen molar-refractivity contribution in [2.45, 2.75) is 4.90 Å². The monoisotopic (exact) mass is 382 g/mol. The van der Waals surface area contributed by atoms with E-state index < -0.39 is 16.1 Å². The largest absolute Gasteiger partial charge is 0.493 e. The highest BCUT2D eigenvalue weighted by molar-refractivity contribution is 7.85. The first kappa shape index (κ1) is 19.3. The standard InChI is InChI=1S/C16H18N2O7S/c1-23-13-8-11(9-14(24-2)15(13)25-3)18-16(19)17-10-4-6-12(7-5-10)26(20,21)22/h4-9H,1-3H3,(H2,17,18,19)(H,20,21,22). The fraction of sp³-hybridized carbons (Fsp3) is 0.188. The number of rotatable bonds is 6. The van der Waals surface area contributed by atoms with Crippen molar-refractivity contribution in [1.82, 2.24) is 0 Å². The van der Waals surface area contributed by atoms with Crippen LogP contribution in [-0.2, 0) is 10.1 Å². The molecule has 0 unspecified atom stereocenters. The molecule has 0 spiro atoms. The zero-order chi connectivity index (χ0) is 19.3. The number of carbonyl (C=O) groups is 1. The van der Waals surface area contributed by atoms with Gasteiger partial charge in [-0.25, -0.2) is 4.79 Å². The molecule has 26 heavy (non-hydrogen) atoms. The van der Waals surface area contributed by atoms with Gasteiger partial charge in [0, 0.05) is 17.8 Å². The topological polar surface area (TPSA) is 123 Å². The molecule has 9 nitrogen and oxygen atoms in total. The van der Waals surface area contributed by atoms with Crippen molar-refractivity contribution in [3.63, 3.8) is 0 Å². The second kappa shape index (κ2) is 7.93. The number of anilines is 2. The summed E-state index contributed by atoms with van der Waals surface area (Å²) in [4.78, 5) is 11.8. The van der Waals surface area contributed by atoms with Gasteiger partial charge in [-0.3, -0.25) is 4.55 Å². The molecule has 0 atom stereocenters. The minimum Gasteiger partial charge on any atom is -0.493 e. The SMILES string of the molecule is COc1cc(NC(=O)Nc2ccc(S(=O)(=O)O)cc2)cc(OC)c1OC. The van der Waals surface area contributed by atoms with Gasteiger partial charge in [-0.1, -0.05) is 0 Å². The van der Waals surface area contributed by atoms with Crippen molar-refractivity contribution in [2.24, 2.45) is 0 Å². The molecule has 0 heterocycles. The maximum absolute atomic E-state index is 12.1. The van der Waals surface area contributed by atoms with E-state index in [0.717, 1.165) is 0 Å². The van der Waals surface area contributed by atoms with Gasteiger partial charge in [0.15, 0.2) is 11.5 Å². The molecule has 0 saturated carbocycles. The maximum atomic E-state index is 12.1. The van der Waals surface area contributed by atoms with E-state index >= 15 is 0 Å².